The van der Waals surface area contributed by atoms with E-state index in [4.69, 9.17) is 26.8 Å². The second-order valence-corrected chi connectivity index (χ2v) is 9.49. The fourth-order valence-corrected chi connectivity index (χ4v) is 4.93. The predicted octanol–water partition coefficient (Wildman–Crippen LogP) is 5.41. The Morgan fingerprint density at radius 3 is 2.72 bits per heavy atom. The van der Waals surface area contributed by atoms with Crippen LogP contribution in [0, 0.1) is 6.92 Å². The average molecular weight is 536 g/mol. The number of carboxylic acids is 1. The van der Waals surface area contributed by atoms with Crippen molar-refractivity contribution in [2.45, 2.75) is 26.9 Å². The van der Waals surface area contributed by atoms with Crippen molar-refractivity contribution >= 4 is 62.2 Å². The van der Waals surface area contributed by atoms with Crippen molar-refractivity contribution in [2.75, 3.05) is 13.2 Å². The lowest BCUT2D eigenvalue weighted by Gasteiger charge is -2.16. The van der Waals surface area contributed by atoms with Crippen LogP contribution in [0.15, 0.2) is 45.8 Å². The summed E-state index contributed by atoms with van der Waals surface area (Å²) in [6.07, 6.45) is 1.56. The third-order valence-electron chi connectivity index (χ3n) is 4.69. The molecule has 0 aromatic heterocycles. The van der Waals surface area contributed by atoms with Crippen LogP contribution < -0.4 is 9.47 Å². The quantitative estimate of drug-likeness (QED) is 0.339. The average Bonchev–Trinajstić information content (AvgIpc) is 2.99. The molecule has 1 aliphatic heterocycles. The molecule has 1 fully saturated rings. The molecule has 1 saturated heterocycles. The van der Waals surface area contributed by atoms with Crippen LogP contribution in [0.4, 0.5) is 0 Å². The number of benzene rings is 2. The van der Waals surface area contributed by atoms with Gasteiger partial charge in [-0.3, -0.25) is 14.5 Å². The lowest BCUT2D eigenvalue weighted by atomic mass is 10.1. The summed E-state index contributed by atoms with van der Waals surface area (Å²) in [7, 11) is 0. The highest BCUT2D eigenvalue weighted by molar-refractivity contribution is 9.10. The monoisotopic (exact) mass is 535 g/mol. The number of rotatable bonds is 9. The van der Waals surface area contributed by atoms with Crippen LogP contribution in [0.3, 0.4) is 0 Å². The zero-order valence-electron chi connectivity index (χ0n) is 17.6. The molecule has 1 amide bonds. The van der Waals surface area contributed by atoms with Crippen molar-refractivity contribution in [1.82, 2.24) is 4.90 Å². The molecule has 0 bridgehead atoms. The van der Waals surface area contributed by atoms with Gasteiger partial charge in [0, 0.05) is 6.54 Å². The number of amides is 1. The van der Waals surface area contributed by atoms with E-state index < -0.39 is 5.97 Å². The number of aryl methyl sites for hydroxylation is 1. The molecule has 0 aliphatic carbocycles. The van der Waals surface area contributed by atoms with Crippen molar-refractivity contribution in [3.8, 4) is 11.5 Å². The van der Waals surface area contributed by atoms with Gasteiger partial charge in [-0.1, -0.05) is 48.2 Å². The van der Waals surface area contributed by atoms with Gasteiger partial charge in [-0.2, -0.15) is 0 Å². The molecule has 32 heavy (non-hydrogen) atoms. The van der Waals surface area contributed by atoms with E-state index in [0.29, 0.717) is 38.4 Å². The maximum atomic E-state index is 12.7. The number of aliphatic carboxylic acids is 1. The van der Waals surface area contributed by atoms with Gasteiger partial charge < -0.3 is 14.6 Å². The molecule has 0 atom stereocenters. The molecule has 3 rings (SSSR count). The number of carboxylic acid groups (broad SMARTS) is 1. The number of nitrogens with zero attached hydrogens (tertiary/aromatic N) is 1. The Morgan fingerprint density at radius 1 is 1.28 bits per heavy atom. The Kier molecular flexibility index (Phi) is 8.33. The number of halogens is 1. The van der Waals surface area contributed by atoms with E-state index in [1.54, 1.807) is 6.08 Å². The first-order chi connectivity index (χ1) is 15.3. The molecule has 9 heteroatoms. The van der Waals surface area contributed by atoms with Crippen LogP contribution >= 0.6 is 39.9 Å². The summed E-state index contributed by atoms with van der Waals surface area (Å²) in [4.78, 5) is 25.3. The molecule has 2 aromatic rings. The van der Waals surface area contributed by atoms with E-state index in [9.17, 15) is 9.59 Å². The van der Waals surface area contributed by atoms with Gasteiger partial charge in [0.15, 0.2) is 11.5 Å². The van der Waals surface area contributed by atoms with Crippen LogP contribution in [0.2, 0.25) is 0 Å². The standard InChI is InChI=1S/C23H22BrNO5S2/c1-3-29-18-11-15(12-19-22(28)25(23(31)32-19)9-8-20(26)27)10-17(24)21(18)30-13-16-7-5-4-6-14(16)2/h4-7,10-12H,3,8-9,13H2,1-2H3,(H,26,27)/b19-12-. The minimum atomic E-state index is -0.977. The van der Waals surface area contributed by atoms with Gasteiger partial charge in [-0.05, 0) is 64.7 Å². The summed E-state index contributed by atoms with van der Waals surface area (Å²) in [6, 6.07) is 11.7. The first-order valence-corrected chi connectivity index (χ1v) is 11.9. The summed E-state index contributed by atoms with van der Waals surface area (Å²) < 4.78 is 12.9. The summed E-state index contributed by atoms with van der Waals surface area (Å²) in [5, 5.41) is 8.88. The number of hydrogen-bond donors (Lipinski definition) is 1. The van der Waals surface area contributed by atoms with Gasteiger partial charge in [-0.15, -0.1) is 0 Å². The first kappa shape index (κ1) is 24.3. The largest absolute Gasteiger partial charge is 0.490 e. The molecule has 0 spiro atoms. The fourth-order valence-electron chi connectivity index (χ4n) is 3.05. The van der Waals surface area contributed by atoms with E-state index in [2.05, 4.69) is 15.9 Å². The van der Waals surface area contributed by atoms with Crippen LogP contribution in [-0.2, 0) is 16.2 Å². The zero-order chi connectivity index (χ0) is 23.3. The molecule has 2 aromatic carbocycles. The molecule has 0 radical (unpaired) electrons. The Hall–Kier alpha value is -2.36. The topological polar surface area (TPSA) is 76.1 Å². The van der Waals surface area contributed by atoms with Crippen LogP contribution in [-0.4, -0.2) is 39.4 Å². The second-order valence-electron chi connectivity index (χ2n) is 6.96. The van der Waals surface area contributed by atoms with Gasteiger partial charge in [0.2, 0.25) is 0 Å². The lowest BCUT2D eigenvalue weighted by molar-refractivity contribution is -0.137. The lowest BCUT2D eigenvalue weighted by Crippen LogP contribution is -2.30. The summed E-state index contributed by atoms with van der Waals surface area (Å²) in [5.41, 5.74) is 2.96. The SMILES string of the molecule is CCOc1cc(/C=C2\SC(=S)N(CCC(=O)O)C2=O)cc(Br)c1OCc1ccccc1C. The number of thiocarbonyl (C=S) groups is 1. The van der Waals surface area contributed by atoms with Gasteiger partial charge in [-0.25, -0.2) is 0 Å². The molecule has 0 unspecified atom stereocenters. The van der Waals surface area contributed by atoms with E-state index in [1.807, 2.05) is 50.2 Å². The highest BCUT2D eigenvalue weighted by atomic mass is 79.9. The zero-order valence-corrected chi connectivity index (χ0v) is 20.8. The van der Waals surface area contributed by atoms with E-state index in [-0.39, 0.29) is 18.9 Å². The second kappa shape index (κ2) is 11.0. The van der Waals surface area contributed by atoms with E-state index in [0.717, 1.165) is 28.5 Å². The summed E-state index contributed by atoms with van der Waals surface area (Å²) in [5.74, 6) is -0.130. The fraction of sp³-hybridized carbons (Fsp3) is 0.261. The molecule has 6 nitrogen and oxygen atoms in total. The summed E-state index contributed by atoms with van der Waals surface area (Å²) in [6.45, 7) is 4.82. The number of thioether (sulfide) groups is 1. The van der Waals surface area contributed by atoms with Crippen molar-refractivity contribution in [3.05, 3.63) is 62.5 Å². The molecule has 1 heterocycles. The van der Waals surface area contributed by atoms with Crippen molar-refractivity contribution in [1.29, 1.82) is 0 Å². The van der Waals surface area contributed by atoms with Crippen molar-refractivity contribution < 1.29 is 24.2 Å². The first-order valence-electron chi connectivity index (χ1n) is 9.91. The third kappa shape index (κ3) is 5.90. The van der Waals surface area contributed by atoms with Crippen molar-refractivity contribution in [2.24, 2.45) is 0 Å². The van der Waals surface area contributed by atoms with Gasteiger partial charge in [0.05, 0.1) is 22.4 Å². The Bertz CT molecular complexity index is 1090. The summed E-state index contributed by atoms with van der Waals surface area (Å²) >= 11 is 9.97. The molecule has 1 aliphatic rings. The van der Waals surface area contributed by atoms with Crippen molar-refractivity contribution in [3.63, 3.8) is 0 Å². The molecular weight excluding hydrogens is 514 g/mol. The molecule has 1 N–H and O–H groups in total. The normalized spacial score (nSPS) is 14.8. The molecule has 168 valence electrons. The predicted molar refractivity (Wildman–Crippen MR) is 133 cm³/mol. The van der Waals surface area contributed by atoms with E-state index in [1.165, 1.54) is 4.90 Å². The van der Waals surface area contributed by atoms with Crippen LogP contribution in [0.1, 0.15) is 30.0 Å². The number of hydrogen-bond acceptors (Lipinski definition) is 6. The third-order valence-corrected chi connectivity index (χ3v) is 6.65. The maximum absolute atomic E-state index is 12.7. The maximum Gasteiger partial charge on any atom is 0.305 e. The van der Waals surface area contributed by atoms with Gasteiger partial charge in [0.1, 0.15) is 10.9 Å². The minimum absolute atomic E-state index is 0.0525. The number of carbonyl (C=O) groups is 2. The van der Waals surface area contributed by atoms with Crippen LogP contribution in [0.5, 0.6) is 11.5 Å². The molecular formula is C23H22BrNO5S2. The highest BCUT2D eigenvalue weighted by Crippen LogP contribution is 2.40. The molecule has 0 saturated carbocycles. The van der Waals surface area contributed by atoms with Gasteiger partial charge >= 0.3 is 5.97 Å². The van der Waals surface area contributed by atoms with Crippen LogP contribution in [0.25, 0.3) is 6.08 Å². The Morgan fingerprint density at radius 2 is 2.03 bits per heavy atom. The number of carbonyl (C=O) groups excluding carboxylic acids is 1. The highest BCUT2D eigenvalue weighted by Gasteiger charge is 2.32. The number of ether oxygens (including phenoxy) is 2. The Labute approximate surface area is 204 Å². The van der Waals surface area contributed by atoms with Gasteiger partial charge in [0.25, 0.3) is 5.91 Å². The van der Waals surface area contributed by atoms with E-state index >= 15 is 0 Å². The Balaban J connectivity index is 1.84. The minimum Gasteiger partial charge on any atom is -0.490 e. The smallest absolute Gasteiger partial charge is 0.305 e.